The van der Waals surface area contributed by atoms with Crippen LogP contribution in [0.3, 0.4) is 0 Å². The average molecular weight is 207 g/mol. The maximum Gasteiger partial charge on any atom is 0.120 e. The van der Waals surface area contributed by atoms with Gasteiger partial charge in [-0.2, -0.15) is 0 Å². The SMILES string of the molecule is c1csc(CCNCc2ncc[nH]2)c1. The summed E-state index contributed by atoms with van der Waals surface area (Å²) in [5, 5.41) is 5.45. The van der Waals surface area contributed by atoms with E-state index < -0.39 is 0 Å². The molecule has 2 heterocycles. The van der Waals surface area contributed by atoms with Gasteiger partial charge in [-0.25, -0.2) is 4.98 Å². The largest absolute Gasteiger partial charge is 0.348 e. The van der Waals surface area contributed by atoms with Gasteiger partial charge in [0, 0.05) is 23.8 Å². The number of imidazole rings is 1. The number of H-pyrrole nitrogens is 1. The maximum atomic E-state index is 4.14. The van der Waals surface area contributed by atoms with E-state index in [-0.39, 0.29) is 0 Å². The van der Waals surface area contributed by atoms with Crippen LogP contribution in [-0.4, -0.2) is 16.5 Å². The minimum atomic E-state index is 0.818. The van der Waals surface area contributed by atoms with E-state index in [4.69, 9.17) is 0 Å². The van der Waals surface area contributed by atoms with Crippen molar-refractivity contribution in [2.24, 2.45) is 0 Å². The first kappa shape index (κ1) is 9.43. The van der Waals surface area contributed by atoms with Crippen molar-refractivity contribution in [1.29, 1.82) is 0 Å². The standard InChI is InChI=1S/C10H13N3S/c1-2-9(14-7-1)3-4-11-8-10-12-5-6-13-10/h1-2,5-7,11H,3-4,8H2,(H,12,13). The van der Waals surface area contributed by atoms with Crippen molar-refractivity contribution >= 4 is 11.3 Å². The summed E-state index contributed by atoms with van der Waals surface area (Å²) in [6, 6.07) is 4.26. The lowest BCUT2D eigenvalue weighted by Crippen LogP contribution is -2.17. The van der Waals surface area contributed by atoms with Gasteiger partial charge in [0.2, 0.25) is 0 Å². The van der Waals surface area contributed by atoms with Crippen LogP contribution in [0.1, 0.15) is 10.7 Å². The van der Waals surface area contributed by atoms with Crippen LogP contribution in [0.4, 0.5) is 0 Å². The van der Waals surface area contributed by atoms with Crippen molar-refractivity contribution in [3.05, 3.63) is 40.6 Å². The molecule has 2 aromatic heterocycles. The van der Waals surface area contributed by atoms with Crippen LogP contribution < -0.4 is 5.32 Å². The van der Waals surface area contributed by atoms with Gasteiger partial charge in [-0.3, -0.25) is 0 Å². The Kier molecular flexibility index (Phi) is 3.32. The molecule has 3 nitrogen and oxygen atoms in total. The Morgan fingerprint density at radius 3 is 3.21 bits per heavy atom. The molecule has 0 atom stereocenters. The Balaban J connectivity index is 1.65. The van der Waals surface area contributed by atoms with Crippen LogP contribution >= 0.6 is 11.3 Å². The molecule has 0 amide bonds. The molecule has 14 heavy (non-hydrogen) atoms. The Hall–Kier alpha value is -1.13. The van der Waals surface area contributed by atoms with Gasteiger partial charge in [0.25, 0.3) is 0 Å². The fourth-order valence-corrected chi connectivity index (χ4v) is 1.98. The number of aromatic nitrogens is 2. The third kappa shape index (κ3) is 2.68. The summed E-state index contributed by atoms with van der Waals surface area (Å²) in [5.74, 6) is 0.996. The summed E-state index contributed by atoms with van der Waals surface area (Å²) in [6.45, 7) is 1.82. The molecule has 0 radical (unpaired) electrons. The molecule has 0 aromatic carbocycles. The molecule has 0 bridgehead atoms. The van der Waals surface area contributed by atoms with Gasteiger partial charge in [-0.05, 0) is 17.9 Å². The summed E-state index contributed by atoms with van der Waals surface area (Å²) in [6.07, 6.45) is 4.71. The van der Waals surface area contributed by atoms with Gasteiger partial charge in [0.05, 0.1) is 6.54 Å². The van der Waals surface area contributed by atoms with Crippen molar-refractivity contribution in [3.8, 4) is 0 Å². The number of hydrogen-bond acceptors (Lipinski definition) is 3. The smallest absolute Gasteiger partial charge is 0.120 e. The van der Waals surface area contributed by atoms with Crippen molar-refractivity contribution in [2.45, 2.75) is 13.0 Å². The summed E-state index contributed by atoms with van der Waals surface area (Å²) < 4.78 is 0. The van der Waals surface area contributed by atoms with E-state index in [0.29, 0.717) is 0 Å². The highest BCUT2D eigenvalue weighted by Crippen LogP contribution is 2.07. The number of nitrogens with one attached hydrogen (secondary N) is 2. The van der Waals surface area contributed by atoms with E-state index in [9.17, 15) is 0 Å². The molecule has 0 aliphatic carbocycles. The predicted octanol–water partition coefficient (Wildman–Crippen LogP) is 1.80. The first-order chi connectivity index (χ1) is 6.95. The highest BCUT2D eigenvalue weighted by atomic mass is 32.1. The van der Waals surface area contributed by atoms with E-state index in [2.05, 4.69) is 32.8 Å². The van der Waals surface area contributed by atoms with Gasteiger partial charge in [0.1, 0.15) is 5.82 Å². The molecule has 4 heteroatoms. The first-order valence-electron chi connectivity index (χ1n) is 4.66. The minimum Gasteiger partial charge on any atom is -0.348 e. The van der Waals surface area contributed by atoms with Crippen LogP contribution in [0.2, 0.25) is 0 Å². The summed E-state index contributed by atoms with van der Waals surface area (Å²) in [7, 11) is 0. The minimum absolute atomic E-state index is 0.818. The molecule has 2 rings (SSSR count). The topological polar surface area (TPSA) is 40.7 Å². The third-order valence-corrected chi connectivity index (χ3v) is 2.91. The van der Waals surface area contributed by atoms with Crippen LogP contribution in [-0.2, 0) is 13.0 Å². The normalized spacial score (nSPS) is 10.6. The Morgan fingerprint density at radius 1 is 1.50 bits per heavy atom. The molecule has 0 saturated carbocycles. The van der Waals surface area contributed by atoms with Gasteiger partial charge < -0.3 is 10.3 Å². The number of rotatable bonds is 5. The van der Waals surface area contributed by atoms with Crippen LogP contribution in [0.15, 0.2) is 29.9 Å². The number of thiophene rings is 1. The second-order valence-electron chi connectivity index (χ2n) is 3.04. The van der Waals surface area contributed by atoms with E-state index in [1.165, 1.54) is 4.88 Å². The van der Waals surface area contributed by atoms with Crippen LogP contribution in [0.5, 0.6) is 0 Å². The molecule has 2 aromatic rings. The zero-order valence-corrected chi connectivity index (χ0v) is 8.68. The first-order valence-corrected chi connectivity index (χ1v) is 5.54. The molecule has 0 unspecified atom stereocenters. The third-order valence-electron chi connectivity index (χ3n) is 1.98. The van der Waals surface area contributed by atoms with Crippen LogP contribution in [0.25, 0.3) is 0 Å². The highest BCUT2D eigenvalue weighted by Gasteiger charge is 1.95. The maximum absolute atomic E-state index is 4.14. The Morgan fingerprint density at radius 2 is 2.50 bits per heavy atom. The number of nitrogens with zero attached hydrogens (tertiary/aromatic N) is 1. The Bertz CT molecular complexity index is 303. The van der Waals surface area contributed by atoms with E-state index >= 15 is 0 Å². The monoisotopic (exact) mass is 207 g/mol. The molecule has 0 aliphatic heterocycles. The molecular formula is C10H13N3S. The van der Waals surface area contributed by atoms with Crippen molar-refractivity contribution < 1.29 is 0 Å². The zero-order chi connectivity index (χ0) is 9.64. The molecule has 74 valence electrons. The van der Waals surface area contributed by atoms with Crippen molar-refractivity contribution in [3.63, 3.8) is 0 Å². The summed E-state index contributed by atoms with van der Waals surface area (Å²) in [4.78, 5) is 8.62. The van der Waals surface area contributed by atoms with Gasteiger partial charge >= 0.3 is 0 Å². The van der Waals surface area contributed by atoms with Crippen molar-refractivity contribution in [2.75, 3.05) is 6.54 Å². The zero-order valence-electron chi connectivity index (χ0n) is 7.86. The summed E-state index contributed by atoms with van der Waals surface area (Å²) in [5.41, 5.74) is 0. The highest BCUT2D eigenvalue weighted by molar-refractivity contribution is 7.09. The van der Waals surface area contributed by atoms with E-state index in [0.717, 1.165) is 25.3 Å². The molecule has 0 fully saturated rings. The fourth-order valence-electron chi connectivity index (χ4n) is 1.27. The second kappa shape index (κ2) is 4.93. The lowest BCUT2D eigenvalue weighted by Gasteiger charge is -2.00. The van der Waals surface area contributed by atoms with Gasteiger partial charge in [-0.1, -0.05) is 6.07 Å². The Labute approximate surface area is 87.2 Å². The van der Waals surface area contributed by atoms with E-state index in [1.807, 2.05) is 17.5 Å². The average Bonchev–Trinajstić information content (AvgIpc) is 2.86. The van der Waals surface area contributed by atoms with Crippen LogP contribution in [0, 0.1) is 0 Å². The van der Waals surface area contributed by atoms with E-state index in [1.54, 1.807) is 6.20 Å². The molecule has 0 aliphatic rings. The number of aromatic amines is 1. The van der Waals surface area contributed by atoms with Gasteiger partial charge in [-0.15, -0.1) is 11.3 Å². The summed E-state index contributed by atoms with van der Waals surface area (Å²) >= 11 is 1.81. The van der Waals surface area contributed by atoms with Gasteiger partial charge in [0.15, 0.2) is 0 Å². The quantitative estimate of drug-likeness (QED) is 0.734. The fraction of sp³-hybridized carbons (Fsp3) is 0.300. The molecular weight excluding hydrogens is 194 g/mol. The lowest BCUT2D eigenvalue weighted by atomic mass is 10.3. The number of hydrogen-bond donors (Lipinski definition) is 2. The second-order valence-corrected chi connectivity index (χ2v) is 4.07. The molecule has 2 N–H and O–H groups in total. The molecule has 0 saturated heterocycles. The lowest BCUT2D eigenvalue weighted by molar-refractivity contribution is 0.668. The predicted molar refractivity (Wildman–Crippen MR) is 58.3 cm³/mol. The molecule has 0 spiro atoms. The van der Waals surface area contributed by atoms with Crippen molar-refractivity contribution in [1.82, 2.24) is 15.3 Å².